The molecule has 1 heterocycles. The van der Waals surface area contributed by atoms with E-state index in [1.165, 1.54) is 0 Å². The molecular weight excluding hydrogens is 342 g/mol. The first-order chi connectivity index (χ1) is 9.65. The summed E-state index contributed by atoms with van der Waals surface area (Å²) in [6.07, 6.45) is 3.26. The van der Waals surface area contributed by atoms with Gasteiger partial charge in [0.15, 0.2) is 0 Å². The molecule has 0 aliphatic carbocycles. The molecule has 0 saturated carbocycles. The maximum Gasteiger partial charge on any atom is 0.138 e. The minimum atomic E-state index is -0.0542. The van der Waals surface area contributed by atoms with Crippen LogP contribution in [0.15, 0.2) is 29.0 Å². The highest BCUT2D eigenvalue weighted by molar-refractivity contribution is 9.10. The molecule has 1 atom stereocenters. The summed E-state index contributed by atoms with van der Waals surface area (Å²) < 4.78 is 2.84. The molecule has 2 rings (SSSR count). The normalized spacial score (nSPS) is 12.6. The van der Waals surface area contributed by atoms with Crippen LogP contribution in [0, 0.1) is 0 Å². The lowest BCUT2D eigenvalue weighted by Gasteiger charge is -2.18. The minimum absolute atomic E-state index is 0.0542. The second kappa shape index (κ2) is 7.17. The van der Waals surface area contributed by atoms with Gasteiger partial charge in [-0.15, -0.1) is 0 Å². The van der Waals surface area contributed by atoms with Gasteiger partial charge in [-0.25, -0.2) is 4.98 Å². The smallest absolute Gasteiger partial charge is 0.138 e. The maximum absolute atomic E-state index is 5.97. The van der Waals surface area contributed by atoms with Gasteiger partial charge in [-0.2, -0.15) is 5.10 Å². The zero-order valence-corrected chi connectivity index (χ0v) is 13.5. The third-order valence-electron chi connectivity index (χ3n) is 3.06. The molecule has 3 N–H and O–H groups in total. The Morgan fingerprint density at radius 3 is 2.95 bits per heavy atom. The van der Waals surface area contributed by atoms with Crippen molar-refractivity contribution in [3.63, 3.8) is 0 Å². The summed E-state index contributed by atoms with van der Waals surface area (Å²) in [5, 5.41) is 4.91. The van der Waals surface area contributed by atoms with Crippen molar-refractivity contribution >= 4 is 27.5 Å². The summed E-state index contributed by atoms with van der Waals surface area (Å²) >= 11 is 9.48. The second-order valence-corrected chi connectivity index (χ2v) is 5.78. The Hall–Kier alpha value is -0.950. The largest absolute Gasteiger partial charge is 0.271 e. The Morgan fingerprint density at radius 2 is 2.30 bits per heavy atom. The van der Waals surface area contributed by atoms with Crippen molar-refractivity contribution in [3.8, 4) is 0 Å². The molecular formula is C13H17BrClN5. The van der Waals surface area contributed by atoms with E-state index in [0.29, 0.717) is 11.4 Å². The van der Waals surface area contributed by atoms with Crippen LogP contribution < -0.4 is 11.3 Å². The molecule has 1 aromatic heterocycles. The van der Waals surface area contributed by atoms with E-state index in [-0.39, 0.29) is 6.04 Å². The van der Waals surface area contributed by atoms with Gasteiger partial charge in [-0.1, -0.05) is 40.5 Å². The summed E-state index contributed by atoms with van der Waals surface area (Å²) in [5.74, 6) is 6.60. The fraction of sp³-hybridized carbons (Fsp3) is 0.385. The average Bonchev–Trinajstić information content (AvgIpc) is 2.84. The Kier molecular flexibility index (Phi) is 5.54. The van der Waals surface area contributed by atoms with Crippen LogP contribution in [0.2, 0.25) is 5.02 Å². The lowest BCUT2D eigenvalue weighted by Crippen LogP contribution is -2.30. The summed E-state index contributed by atoms with van der Waals surface area (Å²) in [7, 11) is 0. The predicted octanol–water partition coefficient (Wildman–Crippen LogP) is 2.85. The molecule has 2 aromatic rings. The summed E-state index contributed by atoms with van der Waals surface area (Å²) in [6.45, 7) is 2.97. The molecule has 5 nitrogen and oxygen atoms in total. The van der Waals surface area contributed by atoms with Crippen molar-refractivity contribution in [1.82, 2.24) is 20.2 Å². The molecule has 0 spiro atoms. The van der Waals surface area contributed by atoms with Crippen LogP contribution in [-0.4, -0.2) is 14.8 Å². The van der Waals surface area contributed by atoms with Gasteiger partial charge in [-0.3, -0.25) is 16.0 Å². The zero-order valence-electron chi connectivity index (χ0n) is 11.2. The highest BCUT2D eigenvalue weighted by atomic mass is 79.9. The molecule has 0 aliphatic heterocycles. The van der Waals surface area contributed by atoms with E-state index in [1.54, 1.807) is 6.33 Å². The first-order valence-electron chi connectivity index (χ1n) is 6.43. The van der Waals surface area contributed by atoms with Crippen LogP contribution in [0.25, 0.3) is 0 Å². The van der Waals surface area contributed by atoms with Crippen molar-refractivity contribution in [2.24, 2.45) is 5.84 Å². The number of benzene rings is 1. The number of nitrogens with one attached hydrogen (secondary N) is 1. The molecule has 0 aliphatic rings. The van der Waals surface area contributed by atoms with E-state index < -0.39 is 0 Å². The van der Waals surface area contributed by atoms with Crippen LogP contribution in [0.4, 0.5) is 0 Å². The standard InChI is InChI=1S/C13H17BrClN5/c1-2-5-20-13(17-8-18-20)7-12(19-16)10-4-3-9(15)6-11(10)14/h3-4,6,8,12,19H,2,5,7,16H2,1H3. The Balaban J connectivity index is 2.22. The topological polar surface area (TPSA) is 68.8 Å². The van der Waals surface area contributed by atoms with E-state index in [1.807, 2.05) is 22.9 Å². The fourth-order valence-electron chi connectivity index (χ4n) is 2.07. The van der Waals surface area contributed by atoms with Crippen LogP contribution in [0.1, 0.15) is 30.8 Å². The van der Waals surface area contributed by atoms with E-state index in [0.717, 1.165) is 28.8 Å². The van der Waals surface area contributed by atoms with Gasteiger partial charge in [-0.05, 0) is 24.1 Å². The molecule has 0 radical (unpaired) electrons. The Bertz CT molecular complexity index is 572. The quantitative estimate of drug-likeness (QED) is 0.615. The average molecular weight is 359 g/mol. The molecule has 0 saturated heterocycles. The summed E-state index contributed by atoms with van der Waals surface area (Å²) in [6, 6.07) is 5.61. The lowest BCUT2D eigenvalue weighted by atomic mass is 10.0. The van der Waals surface area contributed by atoms with Crippen LogP contribution in [0.5, 0.6) is 0 Å². The predicted molar refractivity (Wildman–Crippen MR) is 83.2 cm³/mol. The van der Waals surface area contributed by atoms with Crippen LogP contribution in [0.3, 0.4) is 0 Å². The van der Waals surface area contributed by atoms with E-state index in [9.17, 15) is 0 Å². The molecule has 1 aromatic carbocycles. The van der Waals surface area contributed by atoms with Gasteiger partial charge in [0.25, 0.3) is 0 Å². The number of aromatic nitrogens is 3. The number of aryl methyl sites for hydroxylation is 1. The lowest BCUT2D eigenvalue weighted by molar-refractivity contribution is 0.498. The van der Waals surface area contributed by atoms with Crippen LogP contribution in [-0.2, 0) is 13.0 Å². The van der Waals surface area contributed by atoms with Crippen molar-refractivity contribution < 1.29 is 0 Å². The number of rotatable bonds is 6. The third kappa shape index (κ3) is 3.58. The number of hydrazine groups is 1. The SMILES string of the molecule is CCCn1ncnc1CC(NN)c1ccc(Cl)cc1Br. The number of hydrogen-bond donors (Lipinski definition) is 2. The number of nitrogens with two attached hydrogens (primary N) is 1. The molecule has 108 valence electrons. The van der Waals surface area contributed by atoms with Gasteiger partial charge in [0.05, 0.1) is 6.04 Å². The number of nitrogens with zero attached hydrogens (tertiary/aromatic N) is 3. The first kappa shape index (κ1) is 15.4. The van der Waals surface area contributed by atoms with Gasteiger partial charge in [0.1, 0.15) is 12.2 Å². The van der Waals surface area contributed by atoms with E-state index in [2.05, 4.69) is 38.4 Å². The highest BCUT2D eigenvalue weighted by Crippen LogP contribution is 2.28. The molecule has 1 unspecified atom stereocenters. The van der Waals surface area contributed by atoms with Crippen LogP contribution >= 0.6 is 27.5 Å². The molecule has 0 bridgehead atoms. The zero-order chi connectivity index (χ0) is 14.5. The molecule has 0 amide bonds. The van der Waals surface area contributed by atoms with Gasteiger partial charge in [0.2, 0.25) is 0 Å². The third-order valence-corrected chi connectivity index (χ3v) is 3.98. The fourth-order valence-corrected chi connectivity index (χ4v) is 3.03. The Labute approximate surface area is 131 Å². The van der Waals surface area contributed by atoms with Crippen molar-refractivity contribution in [1.29, 1.82) is 0 Å². The number of halogens is 2. The van der Waals surface area contributed by atoms with Gasteiger partial charge < -0.3 is 0 Å². The van der Waals surface area contributed by atoms with Gasteiger partial charge >= 0.3 is 0 Å². The Morgan fingerprint density at radius 1 is 1.50 bits per heavy atom. The molecule has 20 heavy (non-hydrogen) atoms. The second-order valence-electron chi connectivity index (χ2n) is 4.49. The molecule has 7 heteroatoms. The first-order valence-corrected chi connectivity index (χ1v) is 7.60. The molecule has 0 fully saturated rings. The van der Waals surface area contributed by atoms with Crippen molar-refractivity contribution in [2.45, 2.75) is 32.4 Å². The van der Waals surface area contributed by atoms with E-state index in [4.69, 9.17) is 17.4 Å². The highest BCUT2D eigenvalue weighted by Gasteiger charge is 2.17. The maximum atomic E-state index is 5.97. The summed E-state index contributed by atoms with van der Waals surface area (Å²) in [4.78, 5) is 4.31. The van der Waals surface area contributed by atoms with Crippen molar-refractivity contribution in [2.75, 3.05) is 0 Å². The minimum Gasteiger partial charge on any atom is -0.271 e. The number of hydrogen-bond acceptors (Lipinski definition) is 4. The van der Waals surface area contributed by atoms with Gasteiger partial charge in [0, 0.05) is 22.5 Å². The van der Waals surface area contributed by atoms with Crippen molar-refractivity contribution in [3.05, 3.63) is 45.4 Å². The van der Waals surface area contributed by atoms with E-state index >= 15 is 0 Å². The monoisotopic (exact) mass is 357 g/mol. The summed E-state index contributed by atoms with van der Waals surface area (Å²) in [5.41, 5.74) is 3.88.